The number of nitrogens with one attached hydrogen (secondary N) is 1. The summed E-state index contributed by atoms with van der Waals surface area (Å²) in [6.07, 6.45) is 40.9. The second kappa shape index (κ2) is 41.0. The molecule has 0 aliphatic rings. The summed E-state index contributed by atoms with van der Waals surface area (Å²) in [5.41, 5.74) is 0. The number of phosphoric ester groups is 1. The van der Waals surface area contributed by atoms with Gasteiger partial charge >= 0.3 is 19.8 Å². The number of amides is 1. The van der Waals surface area contributed by atoms with Gasteiger partial charge in [-0.15, -0.1) is 0 Å². The zero-order chi connectivity index (χ0) is 42.1. The minimum atomic E-state index is -4.75. The number of unbranched alkanes of at least 4 members (excludes halogenated alkanes) is 28. The number of carboxylic acid groups (broad SMARTS) is 1. The first-order chi connectivity index (χ1) is 27.6. The monoisotopic (exact) mass is 832 g/mol. The Morgan fingerprint density at radius 1 is 0.544 bits per heavy atom. The number of esters is 1. The Balaban J connectivity index is 3.84. The molecule has 0 aromatic heterocycles. The Morgan fingerprint density at radius 2 is 0.912 bits per heavy atom. The van der Waals surface area contributed by atoms with Crippen LogP contribution in [0.3, 0.4) is 0 Å². The van der Waals surface area contributed by atoms with Crippen molar-refractivity contribution in [2.24, 2.45) is 0 Å². The molecule has 0 rings (SSSR count). The minimum absolute atomic E-state index is 0.151. The lowest BCUT2D eigenvalue weighted by Crippen LogP contribution is -2.43. The van der Waals surface area contributed by atoms with E-state index in [4.69, 9.17) is 13.8 Å². The maximum atomic E-state index is 12.3. The number of carbonyl (C=O) groups excluding carboxylic acids is 2. The van der Waals surface area contributed by atoms with Gasteiger partial charge in [0.05, 0.1) is 13.2 Å². The molecule has 336 valence electrons. The van der Waals surface area contributed by atoms with Gasteiger partial charge in [-0.05, 0) is 38.5 Å². The van der Waals surface area contributed by atoms with Crippen LogP contribution in [0.5, 0.6) is 0 Å². The number of hydrogen-bond acceptors (Lipinski definition) is 8. The van der Waals surface area contributed by atoms with E-state index in [1.165, 1.54) is 148 Å². The number of ether oxygens (including phenoxy) is 1. The third kappa shape index (κ3) is 40.8. The molecule has 11 nitrogen and oxygen atoms in total. The van der Waals surface area contributed by atoms with Crippen LogP contribution in [0.4, 0.5) is 0 Å². The van der Waals surface area contributed by atoms with Crippen molar-refractivity contribution in [1.29, 1.82) is 0 Å². The Kier molecular flexibility index (Phi) is 39.7. The smallest absolute Gasteiger partial charge is 0.472 e. The molecule has 0 fully saturated rings. The SMILES string of the molecule is CCCCCCCC/C=C/CCCCCCCCCCCC(=O)OCC(O)COP(=O)(O)OCC(NC(=O)CCCCCCCCCCCCCCCC)C(=O)O. The second-order valence-corrected chi connectivity index (χ2v) is 17.4. The van der Waals surface area contributed by atoms with Crippen LogP contribution in [-0.4, -0.2) is 64.9 Å². The summed E-state index contributed by atoms with van der Waals surface area (Å²) in [6, 6.07) is -1.54. The molecule has 1 amide bonds. The lowest BCUT2D eigenvalue weighted by molar-refractivity contribution is -0.147. The molecule has 0 aromatic carbocycles. The number of carbonyl (C=O) groups is 3. The van der Waals surface area contributed by atoms with Gasteiger partial charge in [-0.2, -0.15) is 0 Å². The van der Waals surface area contributed by atoms with Crippen molar-refractivity contribution in [1.82, 2.24) is 5.32 Å². The van der Waals surface area contributed by atoms with E-state index < -0.39 is 57.6 Å². The van der Waals surface area contributed by atoms with E-state index in [9.17, 15) is 34.1 Å². The van der Waals surface area contributed by atoms with Gasteiger partial charge in [-0.1, -0.05) is 187 Å². The molecule has 0 heterocycles. The lowest BCUT2D eigenvalue weighted by Gasteiger charge is -2.18. The fraction of sp³-hybridized carbons (Fsp3) is 0.889. The summed E-state index contributed by atoms with van der Waals surface area (Å²) >= 11 is 0. The van der Waals surface area contributed by atoms with E-state index >= 15 is 0 Å². The second-order valence-electron chi connectivity index (χ2n) is 15.9. The molecule has 3 unspecified atom stereocenters. The summed E-state index contributed by atoms with van der Waals surface area (Å²) in [5, 5.41) is 21.8. The molecule has 3 atom stereocenters. The van der Waals surface area contributed by atoms with E-state index in [1.807, 2.05) is 0 Å². The molecule has 0 aliphatic heterocycles. The number of aliphatic hydroxyl groups is 1. The molecule has 0 bridgehead atoms. The van der Waals surface area contributed by atoms with Gasteiger partial charge in [0, 0.05) is 12.8 Å². The Labute approximate surface area is 347 Å². The quantitative estimate of drug-likeness (QED) is 0.0201. The van der Waals surface area contributed by atoms with Gasteiger partial charge in [0.25, 0.3) is 0 Å². The standard InChI is InChI=1S/C45H86NO10P/c1-3-5-7-9-11-13-15-17-19-20-21-22-23-25-27-29-31-33-35-37-44(49)54-38-41(47)39-55-57(52,53)56-40-42(45(50)51)46-43(48)36-34-32-30-28-26-24-18-16-14-12-10-8-6-4-2/h17,19,41-42,47H,3-16,18,20-40H2,1-2H3,(H,46,48)(H,50,51)(H,52,53)/b19-17+. The molecule has 0 aromatic rings. The van der Waals surface area contributed by atoms with E-state index in [-0.39, 0.29) is 12.8 Å². The fourth-order valence-electron chi connectivity index (χ4n) is 6.66. The van der Waals surface area contributed by atoms with Crippen LogP contribution in [0.15, 0.2) is 12.2 Å². The summed E-state index contributed by atoms with van der Waals surface area (Å²) in [7, 11) is -4.75. The topological polar surface area (TPSA) is 169 Å². The van der Waals surface area contributed by atoms with Gasteiger partial charge < -0.3 is 25.2 Å². The van der Waals surface area contributed by atoms with Crippen LogP contribution in [0.25, 0.3) is 0 Å². The molecule has 0 spiro atoms. The van der Waals surface area contributed by atoms with E-state index in [1.54, 1.807) is 0 Å². The Morgan fingerprint density at radius 3 is 1.33 bits per heavy atom. The number of rotatable bonds is 44. The largest absolute Gasteiger partial charge is 0.480 e. The lowest BCUT2D eigenvalue weighted by atomic mass is 10.0. The van der Waals surface area contributed by atoms with Crippen LogP contribution in [-0.2, 0) is 32.7 Å². The van der Waals surface area contributed by atoms with E-state index in [0.717, 1.165) is 38.5 Å². The molecule has 0 aliphatic carbocycles. The minimum Gasteiger partial charge on any atom is -0.480 e. The van der Waals surface area contributed by atoms with Crippen molar-refractivity contribution >= 4 is 25.7 Å². The normalized spacial score (nSPS) is 13.8. The maximum absolute atomic E-state index is 12.3. The van der Waals surface area contributed by atoms with Crippen molar-refractivity contribution in [2.75, 3.05) is 19.8 Å². The number of carboxylic acids is 1. The zero-order valence-corrected chi connectivity index (χ0v) is 37.3. The van der Waals surface area contributed by atoms with Gasteiger partial charge in [-0.25, -0.2) is 9.36 Å². The number of aliphatic hydroxyl groups excluding tert-OH is 1. The van der Waals surface area contributed by atoms with Crippen LogP contribution in [0, 0.1) is 0 Å². The molecule has 0 saturated heterocycles. The third-order valence-corrected chi connectivity index (χ3v) is 11.3. The average molecular weight is 832 g/mol. The van der Waals surface area contributed by atoms with Crippen LogP contribution in [0.1, 0.15) is 226 Å². The highest BCUT2D eigenvalue weighted by Crippen LogP contribution is 2.43. The molecule has 0 saturated carbocycles. The predicted octanol–water partition coefficient (Wildman–Crippen LogP) is 12.1. The van der Waals surface area contributed by atoms with Gasteiger partial charge in [-0.3, -0.25) is 18.6 Å². The summed E-state index contributed by atoms with van der Waals surface area (Å²) in [6.45, 7) is 2.61. The van der Waals surface area contributed by atoms with Crippen molar-refractivity contribution in [2.45, 2.75) is 238 Å². The average Bonchev–Trinajstić information content (AvgIpc) is 3.18. The number of aliphatic carboxylic acids is 1. The Bertz CT molecular complexity index is 1030. The number of hydrogen-bond donors (Lipinski definition) is 4. The number of phosphoric acid groups is 1. The molecule has 57 heavy (non-hydrogen) atoms. The Hall–Kier alpha value is -1.78. The maximum Gasteiger partial charge on any atom is 0.472 e. The van der Waals surface area contributed by atoms with Crippen molar-refractivity contribution < 1.29 is 47.8 Å². The van der Waals surface area contributed by atoms with Crippen LogP contribution >= 0.6 is 7.82 Å². The first-order valence-electron chi connectivity index (χ1n) is 23.2. The van der Waals surface area contributed by atoms with E-state index in [2.05, 4.69) is 31.3 Å². The molecule has 4 N–H and O–H groups in total. The first kappa shape index (κ1) is 55.2. The highest BCUT2D eigenvalue weighted by molar-refractivity contribution is 7.47. The summed E-state index contributed by atoms with van der Waals surface area (Å²) < 4.78 is 26.9. The van der Waals surface area contributed by atoms with Crippen molar-refractivity contribution in [3.63, 3.8) is 0 Å². The zero-order valence-electron chi connectivity index (χ0n) is 36.4. The fourth-order valence-corrected chi connectivity index (χ4v) is 7.44. The van der Waals surface area contributed by atoms with Gasteiger partial charge in [0.2, 0.25) is 5.91 Å². The summed E-state index contributed by atoms with van der Waals surface area (Å²) in [4.78, 5) is 45.9. The molecular weight excluding hydrogens is 745 g/mol. The van der Waals surface area contributed by atoms with E-state index in [0.29, 0.717) is 12.8 Å². The predicted molar refractivity (Wildman–Crippen MR) is 231 cm³/mol. The van der Waals surface area contributed by atoms with Crippen LogP contribution < -0.4 is 5.32 Å². The summed E-state index contributed by atoms with van der Waals surface area (Å²) in [5.74, 6) is -2.36. The molecule has 0 radical (unpaired) electrons. The molecular formula is C45H86NO10P. The highest BCUT2D eigenvalue weighted by atomic mass is 31.2. The van der Waals surface area contributed by atoms with Gasteiger partial charge in [0.1, 0.15) is 12.7 Å². The van der Waals surface area contributed by atoms with Crippen LogP contribution in [0.2, 0.25) is 0 Å². The van der Waals surface area contributed by atoms with Crippen molar-refractivity contribution in [3.05, 3.63) is 12.2 Å². The highest BCUT2D eigenvalue weighted by Gasteiger charge is 2.28. The molecule has 12 heteroatoms. The number of allylic oxidation sites excluding steroid dienone is 2. The first-order valence-corrected chi connectivity index (χ1v) is 24.7. The van der Waals surface area contributed by atoms with Crippen molar-refractivity contribution in [3.8, 4) is 0 Å². The van der Waals surface area contributed by atoms with Gasteiger partial charge in [0.15, 0.2) is 6.04 Å². The third-order valence-electron chi connectivity index (χ3n) is 10.3.